The van der Waals surface area contributed by atoms with Crippen LogP contribution in [0.3, 0.4) is 0 Å². The van der Waals surface area contributed by atoms with Gasteiger partial charge in [-0.05, 0) is 39.8 Å². The Labute approximate surface area is 110 Å². The van der Waals surface area contributed by atoms with Crippen molar-refractivity contribution in [3.05, 3.63) is 0 Å². The van der Waals surface area contributed by atoms with Crippen molar-refractivity contribution < 1.29 is 4.79 Å². The van der Waals surface area contributed by atoms with E-state index in [2.05, 4.69) is 36.3 Å². The standard InChI is InChI=1S/C14H27N3O/c1-4-15-11(2)7-12(3)17-6-5-14(10-17)8-13(18)16-9-14/h11-12,15H,4-10H2,1-3H3,(H,16,18)/t11?,12-,14?/m1/s1. The van der Waals surface area contributed by atoms with Gasteiger partial charge >= 0.3 is 0 Å². The van der Waals surface area contributed by atoms with E-state index in [9.17, 15) is 4.79 Å². The van der Waals surface area contributed by atoms with Crippen molar-refractivity contribution in [2.75, 3.05) is 26.2 Å². The zero-order valence-electron chi connectivity index (χ0n) is 12.0. The molecule has 2 aliphatic heterocycles. The van der Waals surface area contributed by atoms with Gasteiger partial charge < -0.3 is 10.6 Å². The molecule has 2 N–H and O–H groups in total. The summed E-state index contributed by atoms with van der Waals surface area (Å²) in [5.41, 5.74) is 0.243. The molecule has 0 bridgehead atoms. The molecule has 2 unspecified atom stereocenters. The number of nitrogens with zero attached hydrogens (tertiary/aromatic N) is 1. The molecule has 0 saturated carbocycles. The van der Waals surface area contributed by atoms with Crippen LogP contribution in [0.4, 0.5) is 0 Å². The molecular weight excluding hydrogens is 226 g/mol. The minimum atomic E-state index is 0.241. The highest BCUT2D eigenvalue weighted by molar-refractivity contribution is 5.79. The lowest BCUT2D eigenvalue weighted by Crippen LogP contribution is -2.39. The molecule has 0 aliphatic carbocycles. The number of hydrogen-bond donors (Lipinski definition) is 2. The molecule has 2 aliphatic rings. The van der Waals surface area contributed by atoms with Crippen LogP contribution < -0.4 is 10.6 Å². The first-order valence-corrected chi connectivity index (χ1v) is 7.29. The van der Waals surface area contributed by atoms with Crippen LogP contribution in [0, 0.1) is 5.41 Å². The number of hydrogen-bond acceptors (Lipinski definition) is 3. The molecule has 0 aromatic heterocycles. The molecule has 2 heterocycles. The van der Waals surface area contributed by atoms with Gasteiger partial charge in [-0.15, -0.1) is 0 Å². The van der Waals surface area contributed by atoms with E-state index in [0.717, 1.165) is 32.6 Å². The number of nitrogens with one attached hydrogen (secondary N) is 2. The molecule has 1 amide bonds. The summed E-state index contributed by atoms with van der Waals surface area (Å²) in [6.45, 7) is 10.9. The van der Waals surface area contributed by atoms with Crippen molar-refractivity contribution in [3.63, 3.8) is 0 Å². The van der Waals surface area contributed by atoms with Crippen molar-refractivity contribution in [1.82, 2.24) is 15.5 Å². The third-order valence-electron chi connectivity index (χ3n) is 4.53. The molecule has 3 atom stereocenters. The zero-order chi connectivity index (χ0) is 13.2. The summed E-state index contributed by atoms with van der Waals surface area (Å²) in [5, 5.41) is 6.47. The lowest BCUT2D eigenvalue weighted by Gasteiger charge is -2.29. The smallest absolute Gasteiger partial charge is 0.220 e. The third-order valence-corrected chi connectivity index (χ3v) is 4.53. The third kappa shape index (κ3) is 3.04. The second-order valence-corrected chi connectivity index (χ2v) is 6.22. The predicted octanol–water partition coefficient (Wildman–Crippen LogP) is 0.975. The van der Waals surface area contributed by atoms with E-state index < -0.39 is 0 Å². The highest BCUT2D eigenvalue weighted by Gasteiger charge is 2.44. The normalized spacial score (nSPS) is 31.8. The van der Waals surface area contributed by atoms with Crippen molar-refractivity contribution in [2.24, 2.45) is 5.41 Å². The largest absolute Gasteiger partial charge is 0.355 e. The van der Waals surface area contributed by atoms with Crippen molar-refractivity contribution in [2.45, 2.75) is 52.1 Å². The fraction of sp³-hybridized carbons (Fsp3) is 0.929. The summed E-state index contributed by atoms with van der Waals surface area (Å²) < 4.78 is 0. The van der Waals surface area contributed by atoms with Crippen LogP contribution in [0.2, 0.25) is 0 Å². The summed E-state index contributed by atoms with van der Waals surface area (Å²) in [6, 6.07) is 1.18. The van der Waals surface area contributed by atoms with Gasteiger partial charge in [0.2, 0.25) is 5.91 Å². The molecule has 4 heteroatoms. The lowest BCUT2D eigenvalue weighted by atomic mass is 9.86. The van der Waals surface area contributed by atoms with Crippen LogP contribution in [0.25, 0.3) is 0 Å². The Morgan fingerprint density at radius 1 is 1.50 bits per heavy atom. The maximum atomic E-state index is 11.4. The molecule has 2 saturated heterocycles. The van der Waals surface area contributed by atoms with Crippen molar-refractivity contribution >= 4 is 5.91 Å². The Bertz CT molecular complexity index is 307. The first-order chi connectivity index (χ1) is 8.54. The minimum absolute atomic E-state index is 0.241. The Morgan fingerprint density at radius 2 is 2.28 bits per heavy atom. The van der Waals surface area contributed by atoms with Crippen LogP contribution in [-0.2, 0) is 4.79 Å². The summed E-state index contributed by atoms with van der Waals surface area (Å²) in [5.74, 6) is 0.241. The number of carbonyl (C=O) groups excluding carboxylic acids is 1. The van der Waals surface area contributed by atoms with E-state index in [1.807, 2.05) is 0 Å². The maximum absolute atomic E-state index is 11.4. The fourth-order valence-electron chi connectivity index (χ4n) is 3.48. The van der Waals surface area contributed by atoms with Crippen LogP contribution >= 0.6 is 0 Å². The fourth-order valence-corrected chi connectivity index (χ4v) is 3.48. The molecule has 104 valence electrons. The number of rotatable bonds is 5. The van der Waals surface area contributed by atoms with Gasteiger partial charge in [0.25, 0.3) is 0 Å². The SMILES string of the molecule is CCNC(C)C[C@@H](C)N1CCC2(CNC(=O)C2)C1. The van der Waals surface area contributed by atoms with E-state index >= 15 is 0 Å². The van der Waals surface area contributed by atoms with Gasteiger partial charge in [-0.25, -0.2) is 0 Å². The van der Waals surface area contributed by atoms with E-state index in [4.69, 9.17) is 0 Å². The highest BCUT2D eigenvalue weighted by atomic mass is 16.1. The molecule has 2 rings (SSSR count). The van der Waals surface area contributed by atoms with Gasteiger partial charge in [0.1, 0.15) is 0 Å². The first kappa shape index (κ1) is 13.8. The zero-order valence-corrected chi connectivity index (χ0v) is 12.0. The topological polar surface area (TPSA) is 44.4 Å². The molecule has 0 aromatic carbocycles. The maximum Gasteiger partial charge on any atom is 0.220 e. The predicted molar refractivity (Wildman–Crippen MR) is 73.5 cm³/mol. The molecule has 0 aromatic rings. The second kappa shape index (κ2) is 5.57. The molecule has 2 fully saturated rings. The quantitative estimate of drug-likeness (QED) is 0.767. The number of amides is 1. The van der Waals surface area contributed by atoms with Crippen molar-refractivity contribution in [1.29, 1.82) is 0 Å². The molecule has 1 spiro atoms. The van der Waals surface area contributed by atoms with Crippen LogP contribution in [-0.4, -0.2) is 49.1 Å². The van der Waals surface area contributed by atoms with Crippen molar-refractivity contribution in [3.8, 4) is 0 Å². The van der Waals surface area contributed by atoms with Gasteiger partial charge in [-0.3, -0.25) is 9.69 Å². The van der Waals surface area contributed by atoms with E-state index in [1.165, 1.54) is 12.8 Å². The van der Waals surface area contributed by atoms with Crippen LogP contribution in [0.15, 0.2) is 0 Å². The molecule has 4 nitrogen and oxygen atoms in total. The average molecular weight is 253 g/mol. The van der Waals surface area contributed by atoms with Crippen LogP contribution in [0.5, 0.6) is 0 Å². The Balaban J connectivity index is 1.83. The minimum Gasteiger partial charge on any atom is -0.355 e. The summed E-state index contributed by atoms with van der Waals surface area (Å²) >= 11 is 0. The number of likely N-dealkylation sites (tertiary alicyclic amines) is 1. The Kier molecular flexibility index (Phi) is 4.28. The van der Waals surface area contributed by atoms with Gasteiger partial charge in [-0.1, -0.05) is 6.92 Å². The monoisotopic (exact) mass is 253 g/mol. The second-order valence-electron chi connectivity index (χ2n) is 6.22. The summed E-state index contributed by atoms with van der Waals surface area (Å²) in [7, 11) is 0. The number of carbonyl (C=O) groups is 1. The van der Waals surface area contributed by atoms with Gasteiger partial charge in [0, 0.05) is 37.0 Å². The Morgan fingerprint density at radius 3 is 2.89 bits per heavy atom. The van der Waals surface area contributed by atoms with Gasteiger partial charge in [-0.2, -0.15) is 0 Å². The average Bonchev–Trinajstić information content (AvgIpc) is 2.87. The molecule has 0 radical (unpaired) electrons. The van der Waals surface area contributed by atoms with Crippen LogP contribution in [0.1, 0.15) is 40.0 Å². The lowest BCUT2D eigenvalue weighted by molar-refractivity contribution is -0.119. The van der Waals surface area contributed by atoms with E-state index in [0.29, 0.717) is 12.1 Å². The Hall–Kier alpha value is -0.610. The summed E-state index contributed by atoms with van der Waals surface area (Å²) in [6.07, 6.45) is 3.09. The summed E-state index contributed by atoms with van der Waals surface area (Å²) in [4.78, 5) is 14.0. The molecular formula is C14H27N3O. The highest BCUT2D eigenvalue weighted by Crippen LogP contribution is 2.37. The van der Waals surface area contributed by atoms with Gasteiger partial charge in [0.15, 0.2) is 0 Å². The first-order valence-electron chi connectivity index (χ1n) is 7.29. The van der Waals surface area contributed by atoms with Gasteiger partial charge in [0.05, 0.1) is 0 Å². The van der Waals surface area contributed by atoms with E-state index in [-0.39, 0.29) is 11.3 Å². The molecule has 18 heavy (non-hydrogen) atoms. The van der Waals surface area contributed by atoms with E-state index in [1.54, 1.807) is 0 Å².